The van der Waals surface area contributed by atoms with Crippen LogP contribution in [0, 0.1) is 0 Å². The molecule has 2 nitrogen and oxygen atoms in total. The Kier molecular flexibility index (Phi) is 1.81. The summed E-state index contributed by atoms with van der Waals surface area (Å²) in [4.78, 5) is 4.46. The monoisotopic (exact) mass is 198 g/mol. The molecule has 0 saturated heterocycles. The maximum Gasteiger partial charge on any atom is 0.0635 e. The summed E-state index contributed by atoms with van der Waals surface area (Å²) < 4.78 is 0. The van der Waals surface area contributed by atoms with E-state index in [4.69, 9.17) is 0 Å². The van der Waals surface area contributed by atoms with Gasteiger partial charge in [0, 0.05) is 31.3 Å². The second kappa shape index (κ2) is 3.16. The molecule has 0 bridgehead atoms. The number of hydrogen-bond acceptors (Lipinski definition) is 2. The van der Waals surface area contributed by atoms with E-state index in [1.165, 1.54) is 11.3 Å². The van der Waals surface area contributed by atoms with Gasteiger partial charge in [-0.3, -0.25) is 0 Å². The van der Waals surface area contributed by atoms with Crippen molar-refractivity contribution in [1.29, 1.82) is 0 Å². The molecule has 76 valence electrons. The molecule has 0 aromatic heterocycles. The smallest absolute Gasteiger partial charge is 0.0635 e. The van der Waals surface area contributed by atoms with Crippen LogP contribution in [-0.2, 0) is 0 Å². The van der Waals surface area contributed by atoms with Crippen LogP contribution >= 0.6 is 0 Å². The van der Waals surface area contributed by atoms with Crippen molar-refractivity contribution in [2.75, 3.05) is 11.9 Å². The highest BCUT2D eigenvalue weighted by Gasteiger charge is 2.24. The minimum atomic E-state index is 0.488. The predicted molar refractivity (Wildman–Crippen MR) is 62.3 cm³/mol. The molecule has 1 unspecified atom stereocenters. The number of rotatable bonds is 0. The van der Waals surface area contributed by atoms with E-state index < -0.39 is 0 Å². The van der Waals surface area contributed by atoms with Crippen LogP contribution in [0.5, 0.6) is 0 Å². The topological polar surface area (TPSA) is 6.48 Å². The van der Waals surface area contributed by atoms with Crippen LogP contribution in [0.25, 0.3) is 0 Å². The van der Waals surface area contributed by atoms with Gasteiger partial charge in [-0.15, -0.1) is 0 Å². The van der Waals surface area contributed by atoms with E-state index in [-0.39, 0.29) is 0 Å². The van der Waals surface area contributed by atoms with Gasteiger partial charge in [-0.2, -0.15) is 0 Å². The molecule has 0 amide bonds. The summed E-state index contributed by atoms with van der Waals surface area (Å²) in [6.45, 7) is 0. The molecule has 15 heavy (non-hydrogen) atoms. The number of nitrogens with zero attached hydrogens (tertiary/aromatic N) is 2. The standard InChI is InChI=1S/C13H14N2/c1-14-9-10-15-8-4-7-13(15)11-5-2-3-6-12(11)14/h2-6,8-10,13H,7H2,1H3. The van der Waals surface area contributed by atoms with Crippen LogP contribution in [0.3, 0.4) is 0 Å². The molecule has 0 spiro atoms. The molecule has 0 fully saturated rings. The Bertz CT molecular complexity index is 434. The zero-order valence-electron chi connectivity index (χ0n) is 8.80. The predicted octanol–water partition coefficient (Wildman–Crippen LogP) is 2.87. The highest BCUT2D eigenvalue weighted by Crippen LogP contribution is 2.37. The van der Waals surface area contributed by atoms with Gasteiger partial charge >= 0.3 is 0 Å². The maximum atomic E-state index is 2.28. The van der Waals surface area contributed by atoms with Crippen LogP contribution in [0.4, 0.5) is 5.69 Å². The molecule has 2 aliphatic rings. The van der Waals surface area contributed by atoms with Crippen LogP contribution in [0.15, 0.2) is 48.9 Å². The Morgan fingerprint density at radius 1 is 1.13 bits per heavy atom. The summed E-state index contributed by atoms with van der Waals surface area (Å²) >= 11 is 0. The van der Waals surface area contributed by atoms with Crippen molar-refractivity contribution < 1.29 is 0 Å². The van der Waals surface area contributed by atoms with Crippen LogP contribution in [-0.4, -0.2) is 11.9 Å². The third-order valence-electron chi connectivity index (χ3n) is 3.13. The van der Waals surface area contributed by atoms with Crippen molar-refractivity contribution in [1.82, 2.24) is 4.90 Å². The Hall–Kier alpha value is -1.70. The van der Waals surface area contributed by atoms with Gasteiger partial charge in [-0.05, 0) is 18.1 Å². The second-order valence-corrected chi connectivity index (χ2v) is 4.05. The van der Waals surface area contributed by atoms with Crippen molar-refractivity contribution in [3.05, 3.63) is 54.5 Å². The first-order chi connectivity index (χ1) is 7.36. The Balaban J connectivity index is 2.15. The van der Waals surface area contributed by atoms with Crippen molar-refractivity contribution in [2.45, 2.75) is 12.5 Å². The van der Waals surface area contributed by atoms with Crippen LogP contribution in [0.1, 0.15) is 18.0 Å². The molecule has 3 rings (SSSR count). The molecule has 2 aliphatic heterocycles. The molecule has 1 atom stereocenters. The van der Waals surface area contributed by atoms with Gasteiger partial charge in [-0.1, -0.05) is 24.3 Å². The van der Waals surface area contributed by atoms with E-state index in [0.717, 1.165) is 6.42 Å². The maximum absolute atomic E-state index is 2.28. The average molecular weight is 198 g/mol. The fourth-order valence-corrected chi connectivity index (χ4v) is 2.33. The van der Waals surface area contributed by atoms with E-state index in [1.807, 2.05) is 0 Å². The summed E-state index contributed by atoms with van der Waals surface area (Å²) in [5, 5.41) is 0. The van der Waals surface area contributed by atoms with Gasteiger partial charge in [0.05, 0.1) is 6.04 Å². The van der Waals surface area contributed by atoms with E-state index in [1.54, 1.807) is 0 Å². The minimum Gasteiger partial charge on any atom is -0.349 e. The summed E-state index contributed by atoms with van der Waals surface area (Å²) in [5.41, 5.74) is 2.72. The SMILES string of the molecule is CN1C=CN2C=CCC2c2ccccc21. The normalized spacial score (nSPS) is 22.6. The molecule has 0 N–H and O–H groups in total. The van der Waals surface area contributed by atoms with Crippen LogP contribution < -0.4 is 4.90 Å². The molecule has 0 saturated carbocycles. The lowest BCUT2D eigenvalue weighted by atomic mass is 10.0. The minimum absolute atomic E-state index is 0.488. The van der Waals surface area contributed by atoms with Gasteiger partial charge in [-0.25, -0.2) is 0 Å². The second-order valence-electron chi connectivity index (χ2n) is 4.05. The Morgan fingerprint density at radius 3 is 2.93 bits per heavy atom. The van der Waals surface area contributed by atoms with Gasteiger partial charge < -0.3 is 9.80 Å². The van der Waals surface area contributed by atoms with E-state index in [0.29, 0.717) is 6.04 Å². The number of benzene rings is 1. The van der Waals surface area contributed by atoms with Gasteiger partial charge in [0.25, 0.3) is 0 Å². The number of fused-ring (bicyclic) bond motifs is 3. The molecule has 2 heteroatoms. The zero-order chi connectivity index (χ0) is 10.3. The van der Waals surface area contributed by atoms with Crippen molar-refractivity contribution in [2.24, 2.45) is 0 Å². The average Bonchev–Trinajstić information content (AvgIpc) is 2.69. The summed E-state index contributed by atoms with van der Waals surface area (Å²) in [7, 11) is 2.10. The summed E-state index contributed by atoms with van der Waals surface area (Å²) in [6, 6.07) is 9.11. The van der Waals surface area contributed by atoms with Crippen molar-refractivity contribution in [3.63, 3.8) is 0 Å². The molecular formula is C13H14N2. The Labute approximate surface area is 90.1 Å². The fourth-order valence-electron chi connectivity index (χ4n) is 2.33. The first-order valence-electron chi connectivity index (χ1n) is 5.30. The molecule has 1 aromatic rings. The lowest BCUT2D eigenvalue weighted by Crippen LogP contribution is -2.12. The highest BCUT2D eigenvalue weighted by molar-refractivity contribution is 5.58. The fraction of sp³-hybridized carbons (Fsp3) is 0.231. The highest BCUT2D eigenvalue weighted by atomic mass is 15.2. The first-order valence-corrected chi connectivity index (χ1v) is 5.30. The van der Waals surface area contributed by atoms with E-state index in [2.05, 4.69) is 65.8 Å². The van der Waals surface area contributed by atoms with E-state index in [9.17, 15) is 0 Å². The molecule has 0 radical (unpaired) electrons. The third-order valence-corrected chi connectivity index (χ3v) is 3.13. The number of para-hydroxylation sites is 1. The van der Waals surface area contributed by atoms with Gasteiger partial charge in [0.2, 0.25) is 0 Å². The zero-order valence-corrected chi connectivity index (χ0v) is 8.80. The molecule has 1 aromatic carbocycles. The van der Waals surface area contributed by atoms with Crippen molar-refractivity contribution >= 4 is 5.69 Å². The Morgan fingerprint density at radius 2 is 2.00 bits per heavy atom. The lowest BCUT2D eigenvalue weighted by molar-refractivity contribution is 0.411. The summed E-state index contributed by atoms with van der Waals surface area (Å²) in [6.07, 6.45) is 9.77. The van der Waals surface area contributed by atoms with Gasteiger partial charge in [0.1, 0.15) is 0 Å². The summed E-state index contributed by atoms with van der Waals surface area (Å²) in [5.74, 6) is 0. The molecule has 2 heterocycles. The molecular weight excluding hydrogens is 184 g/mol. The largest absolute Gasteiger partial charge is 0.349 e. The number of hydrogen-bond donors (Lipinski definition) is 0. The first kappa shape index (κ1) is 8.60. The quantitative estimate of drug-likeness (QED) is 0.632. The van der Waals surface area contributed by atoms with E-state index >= 15 is 0 Å². The lowest BCUT2D eigenvalue weighted by Gasteiger charge is -2.22. The van der Waals surface area contributed by atoms with Crippen LogP contribution in [0.2, 0.25) is 0 Å². The van der Waals surface area contributed by atoms with Crippen molar-refractivity contribution in [3.8, 4) is 0 Å². The number of anilines is 1. The third kappa shape index (κ3) is 1.25. The molecule has 0 aliphatic carbocycles. The van der Waals surface area contributed by atoms with Gasteiger partial charge in [0.15, 0.2) is 0 Å².